The van der Waals surface area contributed by atoms with Gasteiger partial charge in [-0.15, -0.1) is 0 Å². The Kier molecular flexibility index (Phi) is 1.83. The molecule has 1 aliphatic heterocycles. The van der Waals surface area contributed by atoms with Crippen molar-refractivity contribution in [3.05, 3.63) is 23.8 Å². The Morgan fingerprint density at radius 3 is 3.17 bits per heavy atom. The molecule has 0 saturated heterocycles. The molecule has 1 atom stereocenters. The van der Waals surface area contributed by atoms with Gasteiger partial charge >= 0.3 is 0 Å². The van der Waals surface area contributed by atoms with E-state index < -0.39 is 6.17 Å². The minimum atomic E-state index is -0.797. The molecule has 0 radical (unpaired) electrons. The van der Waals surface area contributed by atoms with Gasteiger partial charge in [-0.2, -0.15) is 0 Å². The Bertz CT molecular complexity index is 276. The van der Waals surface area contributed by atoms with Crippen molar-refractivity contribution in [2.24, 2.45) is 4.99 Å². The molecular weight excluding hydrogens is 153 g/mol. The first-order valence-corrected chi connectivity index (χ1v) is 4.36. The standard InChI is InChI=1S/C10H12FN/c1-7-4-5-9(11)8-3-2-6-12-10(7)8/h3,9H,1-2,4-6H2/t9-/m0/s1. The van der Waals surface area contributed by atoms with E-state index >= 15 is 0 Å². The largest absolute Gasteiger partial charge is 0.284 e. The predicted molar refractivity (Wildman–Crippen MR) is 48.3 cm³/mol. The van der Waals surface area contributed by atoms with E-state index in [9.17, 15) is 4.39 Å². The summed E-state index contributed by atoms with van der Waals surface area (Å²) in [6.07, 6.45) is 3.40. The van der Waals surface area contributed by atoms with Gasteiger partial charge in [0.15, 0.2) is 0 Å². The predicted octanol–water partition coefficient (Wildman–Crippen LogP) is 2.45. The van der Waals surface area contributed by atoms with Crippen molar-refractivity contribution in [3.8, 4) is 0 Å². The van der Waals surface area contributed by atoms with Crippen LogP contribution in [0.15, 0.2) is 28.8 Å². The van der Waals surface area contributed by atoms with Crippen molar-refractivity contribution in [2.45, 2.75) is 25.4 Å². The highest BCUT2D eigenvalue weighted by Crippen LogP contribution is 2.29. The first-order chi connectivity index (χ1) is 5.79. The summed E-state index contributed by atoms with van der Waals surface area (Å²) in [6, 6.07) is 0. The first-order valence-electron chi connectivity index (χ1n) is 4.36. The molecule has 1 nitrogen and oxygen atoms in total. The Hall–Kier alpha value is -0.920. The second-order valence-electron chi connectivity index (χ2n) is 3.29. The van der Waals surface area contributed by atoms with Crippen LogP contribution in [0.2, 0.25) is 0 Å². The summed E-state index contributed by atoms with van der Waals surface area (Å²) in [5, 5.41) is 0. The summed E-state index contributed by atoms with van der Waals surface area (Å²) in [4.78, 5) is 4.29. The molecule has 0 aromatic heterocycles. The summed E-state index contributed by atoms with van der Waals surface area (Å²) in [5.41, 5.74) is 2.65. The molecule has 0 bridgehead atoms. The summed E-state index contributed by atoms with van der Waals surface area (Å²) < 4.78 is 13.3. The van der Waals surface area contributed by atoms with Crippen LogP contribution in [-0.4, -0.2) is 18.4 Å². The maximum Gasteiger partial charge on any atom is 0.127 e. The average molecular weight is 165 g/mol. The summed E-state index contributed by atoms with van der Waals surface area (Å²) in [7, 11) is 0. The highest BCUT2D eigenvalue weighted by molar-refractivity contribution is 6.13. The van der Waals surface area contributed by atoms with Gasteiger partial charge in [-0.3, -0.25) is 4.99 Å². The average Bonchev–Trinajstić information content (AvgIpc) is 2.12. The third-order valence-corrected chi connectivity index (χ3v) is 2.41. The number of nitrogens with zero attached hydrogens (tertiary/aromatic N) is 1. The lowest BCUT2D eigenvalue weighted by Crippen LogP contribution is -2.24. The molecule has 1 saturated carbocycles. The number of halogens is 1. The van der Waals surface area contributed by atoms with E-state index in [0.717, 1.165) is 36.2 Å². The van der Waals surface area contributed by atoms with Crippen molar-refractivity contribution in [1.29, 1.82) is 0 Å². The number of rotatable bonds is 0. The van der Waals surface area contributed by atoms with Crippen LogP contribution in [0.1, 0.15) is 19.3 Å². The van der Waals surface area contributed by atoms with Crippen molar-refractivity contribution < 1.29 is 4.39 Å². The van der Waals surface area contributed by atoms with Crippen LogP contribution in [-0.2, 0) is 0 Å². The van der Waals surface area contributed by atoms with Gasteiger partial charge in [-0.05, 0) is 24.8 Å². The van der Waals surface area contributed by atoms with Crippen LogP contribution in [0.4, 0.5) is 4.39 Å². The van der Waals surface area contributed by atoms with Gasteiger partial charge in [-0.1, -0.05) is 12.7 Å². The van der Waals surface area contributed by atoms with E-state index in [1.54, 1.807) is 0 Å². The summed E-state index contributed by atoms with van der Waals surface area (Å²) in [6.45, 7) is 4.69. The number of hydrogen-bond donors (Lipinski definition) is 0. The lowest BCUT2D eigenvalue weighted by molar-refractivity contribution is 0.363. The molecule has 0 unspecified atom stereocenters. The Morgan fingerprint density at radius 1 is 1.58 bits per heavy atom. The third-order valence-electron chi connectivity index (χ3n) is 2.41. The maximum atomic E-state index is 13.3. The molecule has 2 rings (SSSR count). The van der Waals surface area contributed by atoms with E-state index in [1.165, 1.54) is 0 Å². The molecule has 1 fully saturated rings. The molecule has 2 aliphatic rings. The molecule has 0 aromatic carbocycles. The van der Waals surface area contributed by atoms with Crippen LogP contribution in [0.5, 0.6) is 0 Å². The van der Waals surface area contributed by atoms with Crippen molar-refractivity contribution in [1.82, 2.24) is 0 Å². The van der Waals surface area contributed by atoms with Crippen LogP contribution < -0.4 is 0 Å². The quantitative estimate of drug-likeness (QED) is 0.522. The van der Waals surface area contributed by atoms with E-state index in [-0.39, 0.29) is 0 Å². The molecule has 1 aliphatic carbocycles. The fraction of sp³-hybridized carbons (Fsp3) is 0.500. The van der Waals surface area contributed by atoms with Crippen molar-refractivity contribution >= 4 is 5.71 Å². The molecule has 64 valence electrons. The molecular formula is C10H12FN. The van der Waals surface area contributed by atoms with Crippen LogP contribution >= 0.6 is 0 Å². The van der Waals surface area contributed by atoms with Crippen molar-refractivity contribution in [2.75, 3.05) is 6.54 Å². The lowest BCUT2D eigenvalue weighted by atomic mass is 9.86. The second-order valence-corrected chi connectivity index (χ2v) is 3.29. The molecule has 12 heavy (non-hydrogen) atoms. The van der Waals surface area contributed by atoms with E-state index in [4.69, 9.17) is 0 Å². The molecule has 0 amide bonds. The summed E-state index contributed by atoms with van der Waals surface area (Å²) >= 11 is 0. The number of hydrogen-bond acceptors (Lipinski definition) is 1. The SMILES string of the molecule is C=C1CC[C@H](F)C2=CCCN=C12. The van der Waals surface area contributed by atoms with Crippen LogP contribution in [0.25, 0.3) is 0 Å². The molecule has 0 N–H and O–H groups in total. The smallest absolute Gasteiger partial charge is 0.127 e. The van der Waals surface area contributed by atoms with Gasteiger partial charge in [0.05, 0.1) is 5.71 Å². The van der Waals surface area contributed by atoms with E-state index in [1.807, 2.05) is 6.08 Å². The number of dihydropyridines is 1. The number of alkyl halides is 1. The molecule has 0 aromatic rings. The minimum absolute atomic E-state index is 0.587. The van der Waals surface area contributed by atoms with E-state index in [0.29, 0.717) is 6.42 Å². The zero-order chi connectivity index (χ0) is 8.55. The van der Waals surface area contributed by atoms with Crippen molar-refractivity contribution in [3.63, 3.8) is 0 Å². The van der Waals surface area contributed by atoms with E-state index in [2.05, 4.69) is 11.6 Å². The number of aliphatic imine (C=N–C) groups is 1. The number of fused-ring (bicyclic) bond motifs is 1. The minimum Gasteiger partial charge on any atom is -0.284 e. The monoisotopic (exact) mass is 165 g/mol. The fourth-order valence-electron chi connectivity index (χ4n) is 1.75. The fourth-order valence-corrected chi connectivity index (χ4v) is 1.75. The zero-order valence-corrected chi connectivity index (χ0v) is 7.02. The Labute approximate surface area is 71.7 Å². The lowest BCUT2D eigenvalue weighted by Gasteiger charge is -2.25. The van der Waals surface area contributed by atoms with Crippen LogP contribution in [0, 0.1) is 0 Å². The number of allylic oxidation sites excluding steroid dienone is 2. The van der Waals surface area contributed by atoms with Gasteiger partial charge in [0.25, 0.3) is 0 Å². The molecule has 0 spiro atoms. The van der Waals surface area contributed by atoms with Gasteiger partial charge in [-0.25, -0.2) is 4.39 Å². The zero-order valence-electron chi connectivity index (χ0n) is 7.02. The highest BCUT2D eigenvalue weighted by Gasteiger charge is 2.26. The third kappa shape index (κ3) is 1.11. The molecule has 2 heteroatoms. The Morgan fingerprint density at radius 2 is 2.42 bits per heavy atom. The normalized spacial score (nSPS) is 29.1. The van der Waals surface area contributed by atoms with Gasteiger partial charge in [0, 0.05) is 12.1 Å². The molecule has 1 heterocycles. The summed E-state index contributed by atoms with van der Waals surface area (Å²) in [5.74, 6) is 0. The maximum absolute atomic E-state index is 13.3. The van der Waals surface area contributed by atoms with Gasteiger partial charge in [0.1, 0.15) is 6.17 Å². The van der Waals surface area contributed by atoms with Gasteiger partial charge in [0.2, 0.25) is 0 Å². The van der Waals surface area contributed by atoms with Gasteiger partial charge < -0.3 is 0 Å². The Balaban J connectivity index is 2.34. The van der Waals surface area contributed by atoms with Crippen LogP contribution in [0.3, 0.4) is 0 Å². The topological polar surface area (TPSA) is 12.4 Å². The highest BCUT2D eigenvalue weighted by atomic mass is 19.1. The first kappa shape index (κ1) is 7.71. The second kappa shape index (κ2) is 2.85.